The summed E-state index contributed by atoms with van der Waals surface area (Å²) in [5, 5.41) is 60.0. The Labute approximate surface area is 247 Å². The zero-order valence-corrected chi connectivity index (χ0v) is 24.1. The first kappa shape index (κ1) is 36.7. The van der Waals surface area contributed by atoms with E-state index < -0.39 is 90.4 Å². The van der Waals surface area contributed by atoms with E-state index in [4.69, 9.17) is 5.73 Å². The molecule has 0 spiro atoms. The molecule has 0 radical (unpaired) electrons. The van der Waals surface area contributed by atoms with E-state index in [1.807, 2.05) is 0 Å². The Morgan fingerprint density at radius 3 is 1.58 bits per heavy atom. The number of primary amides is 1. The van der Waals surface area contributed by atoms with Gasteiger partial charge in [0.25, 0.3) is 0 Å². The molecule has 1 rings (SSSR count). The van der Waals surface area contributed by atoms with Crippen LogP contribution in [0.15, 0.2) is 24.3 Å². The molecule has 17 heteroatoms. The second kappa shape index (κ2) is 17.0. The largest absolute Gasteiger partial charge is 0.508 e. The van der Waals surface area contributed by atoms with Crippen LogP contribution in [0.5, 0.6) is 5.75 Å². The molecule has 1 aromatic carbocycles. The van der Waals surface area contributed by atoms with E-state index in [1.54, 1.807) is 0 Å². The molecule has 0 aliphatic carbocycles. The van der Waals surface area contributed by atoms with Gasteiger partial charge in [0.2, 0.25) is 29.5 Å². The number of nitrogens with one attached hydrogen (secondary N) is 5. The van der Waals surface area contributed by atoms with Gasteiger partial charge in [-0.1, -0.05) is 12.1 Å². The number of phenols is 1. The van der Waals surface area contributed by atoms with Crippen molar-refractivity contribution in [1.82, 2.24) is 26.6 Å². The number of hydrogen-bond donors (Lipinski definition) is 11. The molecule has 17 nitrogen and oxygen atoms in total. The van der Waals surface area contributed by atoms with E-state index in [0.29, 0.717) is 5.56 Å². The molecular weight excluding hydrogens is 572 g/mol. The Kier molecular flexibility index (Phi) is 14.5. The van der Waals surface area contributed by atoms with Crippen molar-refractivity contribution in [1.29, 1.82) is 0 Å². The lowest BCUT2D eigenvalue weighted by Crippen LogP contribution is -2.62. The van der Waals surface area contributed by atoms with Gasteiger partial charge in [0.05, 0.1) is 24.7 Å². The molecule has 5 amide bonds. The lowest BCUT2D eigenvalue weighted by Gasteiger charge is -2.28. The Bertz CT molecular complexity index is 1140. The smallest absolute Gasteiger partial charge is 0.328 e. The number of likely N-dealkylation sites (N-methyl/N-ethyl adjacent to an activating group) is 1. The lowest BCUT2D eigenvalue weighted by atomic mass is 10.0. The predicted molar refractivity (Wildman–Crippen MR) is 149 cm³/mol. The van der Waals surface area contributed by atoms with Crippen LogP contribution >= 0.6 is 0 Å². The summed E-state index contributed by atoms with van der Waals surface area (Å²) < 4.78 is 0. The fourth-order valence-electron chi connectivity index (χ4n) is 3.90. The average molecular weight is 613 g/mol. The Balaban J connectivity index is 3.28. The van der Waals surface area contributed by atoms with Gasteiger partial charge in [-0.3, -0.25) is 24.0 Å². The van der Waals surface area contributed by atoms with Crippen LogP contribution in [0, 0.1) is 0 Å². The molecule has 0 aliphatic rings. The number of carbonyl (C=O) groups is 6. The highest BCUT2D eigenvalue weighted by Crippen LogP contribution is 2.12. The molecule has 0 saturated heterocycles. The molecule has 0 saturated carbocycles. The van der Waals surface area contributed by atoms with Gasteiger partial charge in [-0.25, -0.2) is 4.79 Å². The van der Waals surface area contributed by atoms with Gasteiger partial charge in [-0.15, -0.1) is 0 Å². The van der Waals surface area contributed by atoms with E-state index in [2.05, 4.69) is 26.6 Å². The van der Waals surface area contributed by atoms with Crippen molar-refractivity contribution >= 4 is 35.5 Å². The summed E-state index contributed by atoms with van der Waals surface area (Å²) >= 11 is 0. The third kappa shape index (κ3) is 11.8. The summed E-state index contributed by atoms with van der Waals surface area (Å²) in [7, 11) is 1.38. The number of hydrogen-bond acceptors (Lipinski definition) is 11. The minimum atomic E-state index is -1.74. The Hall–Kier alpha value is -4.32. The van der Waals surface area contributed by atoms with Crippen molar-refractivity contribution in [2.24, 2.45) is 5.73 Å². The second-order valence-corrected chi connectivity index (χ2v) is 9.96. The third-order valence-electron chi connectivity index (χ3n) is 6.23. The number of phenolic OH excluding ortho intramolecular Hbond substituents is 1. The zero-order valence-electron chi connectivity index (χ0n) is 24.1. The maximum atomic E-state index is 13.3. The number of benzene rings is 1. The first-order valence-electron chi connectivity index (χ1n) is 13.2. The monoisotopic (exact) mass is 612 g/mol. The number of carboxylic acid groups (broad SMARTS) is 1. The molecular formula is C26H40N6O11. The first-order chi connectivity index (χ1) is 20.0. The quantitative estimate of drug-likeness (QED) is 0.0794. The van der Waals surface area contributed by atoms with Crippen LogP contribution in [-0.4, -0.2) is 117 Å². The molecule has 43 heavy (non-hydrogen) atoms. The summed E-state index contributed by atoms with van der Waals surface area (Å²) in [5.74, 6) is -6.79. The molecule has 0 aromatic heterocycles. The van der Waals surface area contributed by atoms with Gasteiger partial charge < -0.3 is 57.9 Å². The van der Waals surface area contributed by atoms with Crippen LogP contribution in [0.1, 0.15) is 32.8 Å². The minimum absolute atomic E-state index is 0.0905. The fraction of sp³-hybridized carbons (Fsp3) is 0.538. The van der Waals surface area contributed by atoms with Crippen molar-refractivity contribution in [3.8, 4) is 5.75 Å². The summed E-state index contributed by atoms with van der Waals surface area (Å²) in [6.45, 7) is 3.61. The number of aliphatic hydroxyl groups is 3. The molecule has 0 bridgehead atoms. The van der Waals surface area contributed by atoms with Crippen molar-refractivity contribution in [3.05, 3.63) is 29.8 Å². The minimum Gasteiger partial charge on any atom is -0.508 e. The van der Waals surface area contributed by atoms with Gasteiger partial charge in [0, 0.05) is 6.42 Å². The number of rotatable bonds is 17. The van der Waals surface area contributed by atoms with Gasteiger partial charge in [0.15, 0.2) is 6.04 Å². The highest BCUT2D eigenvalue weighted by Gasteiger charge is 2.35. The third-order valence-corrected chi connectivity index (χ3v) is 6.23. The van der Waals surface area contributed by atoms with Crippen molar-refractivity contribution in [3.63, 3.8) is 0 Å². The number of carboxylic acids is 1. The molecule has 0 heterocycles. The SMILES string of the molecule is CN[C@H](C(=O)N[C@H](C(=O)N[C@@H](CC(N)=O)C(=O)N[C@@H](Cc1ccc(O)cc1)C(=O)N[C@H](C(=O)O)[C@@H](C)O)[C@@H](C)O)[C@@H](C)O. The van der Waals surface area contributed by atoms with Crippen molar-refractivity contribution < 1.29 is 54.3 Å². The molecule has 12 N–H and O–H groups in total. The number of aliphatic carboxylic acids is 1. The van der Waals surface area contributed by atoms with Crippen LogP contribution in [0.3, 0.4) is 0 Å². The second-order valence-electron chi connectivity index (χ2n) is 9.96. The highest BCUT2D eigenvalue weighted by atomic mass is 16.4. The number of carbonyl (C=O) groups excluding carboxylic acids is 5. The molecule has 8 atom stereocenters. The van der Waals surface area contributed by atoms with E-state index >= 15 is 0 Å². The summed E-state index contributed by atoms with van der Waals surface area (Å²) in [4.78, 5) is 75.2. The van der Waals surface area contributed by atoms with Gasteiger partial charge in [-0.05, 0) is 45.5 Å². The van der Waals surface area contributed by atoms with E-state index in [0.717, 1.165) is 6.92 Å². The Morgan fingerprint density at radius 2 is 1.14 bits per heavy atom. The number of aliphatic hydroxyl groups excluding tert-OH is 3. The van der Waals surface area contributed by atoms with Crippen molar-refractivity contribution in [2.75, 3.05) is 7.05 Å². The normalized spacial score (nSPS) is 16.6. The zero-order chi connectivity index (χ0) is 33.0. The number of aromatic hydroxyl groups is 1. The van der Waals surface area contributed by atoms with E-state index in [-0.39, 0.29) is 12.2 Å². The molecule has 240 valence electrons. The summed E-state index contributed by atoms with van der Waals surface area (Å²) in [6.07, 6.45) is -5.23. The molecule has 1 aromatic rings. The lowest BCUT2D eigenvalue weighted by molar-refractivity contribution is -0.145. The topological polar surface area (TPSA) is 290 Å². The molecule has 0 unspecified atom stereocenters. The van der Waals surface area contributed by atoms with Crippen LogP contribution in [-0.2, 0) is 35.2 Å². The fourth-order valence-corrected chi connectivity index (χ4v) is 3.90. The summed E-state index contributed by atoms with van der Waals surface area (Å²) in [5.41, 5.74) is 5.66. The Morgan fingerprint density at radius 1 is 0.698 bits per heavy atom. The van der Waals surface area contributed by atoms with Crippen LogP contribution in [0.25, 0.3) is 0 Å². The van der Waals surface area contributed by atoms with Gasteiger partial charge in [-0.2, -0.15) is 0 Å². The number of amides is 5. The summed E-state index contributed by atoms with van der Waals surface area (Å²) in [6, 6.07) is -2.33. The van der Waals surface area contributed by atoms with E-state index in [1.165, 1.54) is 45.2 Å². The first-order valence-corrected chi connectivity index (χ1v) is 13.2. The molecule has 0 fully saturated rings. The van der Waals surface area contributed by atoms with Crippen LogP contribution < -0.4 is 32.3 Å². The van der Waals surface area contributed by atoms with Crippen molar-refractivity contribution in [2.45, 2.75) is 82.1 Å². The van der Waals surface area contributed by atoms with Gasteiger partial charge in [0.1, 0.15) is 29.9 Å². The standard InChI is InChI=1S/C26H40N6O11/c1-11(33)19(28-4)24(40)31-20(12(2)34)25(41)30-17(10-18(27)37)22(38)29-16(9-14-5-7-15(36)8-6-14)23(39)32-21(13(3)35)26(42)43/h5-8,11-13,16-17,19-21,28,33-36H,9-10H2,1-4H3,(H2,27,37)(H,29,38)(H,30,41)(H,31,40)(H,32,39)(H,42,43)/t11-,12-,13-,16+,17+,19+,20+,21+/m1/s1. The van der Waals surface area contributed by atoms with Crippen LogP contribution in [0.2, 0.25) is 0 Å². The number of nitrogens with two attached hydrogens (primary N) is 1. The molecule has 0 aliphatic heterocycles. The average Bonchev–Trinajstić information content (AvgIpc) is 2.89. The van der Waals surface area contributed by atoms with E-state index in [9.17, 15) is 54.3 Å². The van der Waals surface area contributed by atoms with Gasteiger partial charge >= 0.3 is 5.97 Å². The predicted octanol–water partition coefficient (Wildman–Crippen LogP) is -4.44. The maximum absolute atomic E-state index is 13.3. The van der Waals surface area contributed by atoms with Crippen LogP contribution in [0.4, 0.5) is 0 Å². The maximum Gasteiger partial charge on any atom is 0.328 e. The highest BCUT2D eigenvalue weighted by molar-refractivity contribution is 5.97.